The molecule has 110 valence electrons. The number of carbonyl (C=O) groups excluding carboxylic acids is 1. The van der Waals surface area contributed by atoms with E-state index in [2.05, 4.69) is 45.2 Å². The molecule has 0 aromatic rings. The van der Waals surface area contributed by atoms with E-state index in [-0.39, 0.29) is 12.1 Å². The summed E-state index contributed by atoms with van der Waals surface area (Å²) in [6.45, 7) is 12.4. The van der Waals surface area contributed by atoms with Gasteiger partial charge in [-0.05, 0) is 25.7 Å². The Balaban J connectivity index is 3.04. The first-order chi connectivity index (χ1) is 9.52. The first-order valence-corrected chi connectivity index (χ1v) is 7.13. The van der Waals surface area contributed by atoms with Gasteiger partial charge in [0.15, 0.2) is 0 Å². The summed E-state index contributed by atoms with van der Waals surface area (Å²) in [4.78, 5) is 16.1. The summed E-state index contributed by atoms with van der Waals surface area (Å²) in [5.74, 6) is 0.400. The lowest BCUT2D eigenvalue weighted by Gasteiger charge is -2.37. The smallest absolute Gasteiger partial charge is 0.317 e. The Labute approximate surface area is 122 Å². The summed E-state index contributed by atoms with van der Waals surface area (Å²) >= 11 is 0. The molecule has 3 nitrogen and oxygen atoms in total. The van der Waals surface area contributed by atoms with E-state index in [0.29, 0.717) is 12.5 Å². The van der Waals surface area contributed by atoms with Crippen LogP contribution < -0.4 is 0 Å². The zero-order chi connectivity index (χ0) is 15.1. The average Bonchev–Trinajstić information content (AvgIpc) is 2.60. The molecule has 0 radical (unpaired) electrons. The van der Waals surface area contributed by atoms with Crippen molar-refractivity contribution in [3.05, 3.63) is 49.2 Å². The summed E-state index contributed by atoms with van der Waals surface area (Å²) < 4.78 is 0. The maximum absolute atomic E-state index is 12.6. The second kappa shape index (κ2) is 7.73. The molecule has 0 aromatic heterocycles. The van der Waals surface area contributed by atoms with Crippen LogP contribution in [0.2, 0.25) is 0 Å². The van der Waals surface area contributed by atoms with E-state index in [9.17, 15) is 4.79 Å². The van der Waals surface area contributed by atoms with Gasteiger partial charge in [-0.15, -0.1) is 6.58 Å². The predicted octanol–water partition coefficient (Wildman–Crippen LogP) is 3.97. The molecule has 0 saturated carbocycles. The van der Waals surface area contributed by atoms with Gasteiger partial charge < -0.3 is 9.80 Å². The van der Waals surface area contributed by atoms with Gasteiger partial charge in [-0.2, -0.15) is 0 Å². The summed E-state index contributed by atoms with van der Waals surface area (Å²) in [7, 11) is 1.74. The molecule has 0 aromatic carbocycles. The topological polar surface area (TPSA) is 23.6 Å². The molecule has 2 amide bonds. The fraction of sp³-hybridized carbons (Fsp3) is 0.471. The quantitative estimate of drug-likeness (QED) is 0.696. The zero-order valence-corrected chi connectivity index (χ0v) is 12.9. The van der Waals surface area contributed by atoms with E-state index in [1.54, 1.807) is 18.1 Å². The normalized spacial score (nSPS) is 21.6. The van der Waals surface area contributed by atoms with E-state index in [4.69, 9.17) is 0 Å². The summed E-state index contributed by atoms with van der Waals surface area (Å²) in [5, 5.41) is 0. The Bertz CT molecular complexity index is 423. The van der Waals surface area contributed by atoms with Gasteiger partial charge in [0.2, 0.25) is 0 Å². The number of hydrogen-bond acceptors (Lipinski definition) is 1. The SMILES string of the molecule is C=CCCN(C(=O)N(C)C=C)C1C(C)=CC=CCC1C. The Morgan fingerprint density at radius 1 is 1.50 bits per heavy atom. The van der Waals surface area contributed by atoms with Crippen LogP contribution in [0.3, 0.4) is 0 Å². The predicted molar refractivity (Wildman–Crippen MR) is 85.3 cm³/mol. The van der Waals surface area contributed by atoms with Crippen LogP contribution in [-0.4, -0.2) is 35.5 Å². The fourth-order valence-electron chi connectivity index (χ4n) is 2.61. The van der Waals surface area contributed by atoms with Crippen molar-refractivity contribution in [1.82, 2.24) is 9.80 Å². The molecule has 0 N–H and O–H groups in total. The van der Waals surface area contributed by atoms with Crippen LogP contribution in [0.1, 0.15) is 26.7 Å². The molecule has 0 fully saturated rings. The van der Waals surface area contributed by atoms with Crippen LogP contribution in [0.15, 0.2) is 49.2 Å². The number of allylic oxidation sites excluding steroid dienone is 3. The highest BCUT2D eigenvalue weighted by Crippen LogP contribution is 2.26. The molecular weight excluding hydrogens is 248 g/mol. The molecule has 0 heterocycles. The molecule has 1 rings (SSSR count). The lowest BCUT2D eigenvalue weighted by Crippen LogP contribution is -2.48. The molecule has 0 bridgehead atoms. The van der Waals surface area contributed by atoms with Crippen molar-refractivity contribution in [2.24, 2.45) is 5.92 Å². The van der Waals surface area contributed by atoms with E-state index in [0.717, 1.165) is 12.8 Å². The van der Waals surface area contributed by atoms with E-state index in [1.165, 1.54) is 5.57 Å². The van der Waals surface area contributed by atoms with Gasteiger partial charge in [-0.25, -0.2) is 4.79 Å². The third-order valence-corrected chi connectivity index (χ3v) is 3.74. The van der Waals surface area contributed by atoms with Crippen LogP contribution >= 0.6 is 0 Å². The number of carbonyl (C=O) groups is 1. The number of rotatable bonds is 5. The van der Waals surface area contributed by atoms with Gasteiger partial charge in [-0.3, -0.25) is 0 Å². The van der Waals surface area contributed by atoms with Crippen LogP contribution in [0, 0.1) is 5.92 Å². The molecule has 0 aliphatic heterocycles. The molecule has 1 aliphatic rings. The summed E-state index contributed by atoms with van der Waals surface area (Å²) in [6.07, 6.45) is 11.5. The fourth-order valence-corrected chi connectivity index (χ4v) is 2.61. The molecule has 20 heavy (non-hydrogen) atoms. The van der Waals surface area contributed by atoms with Crippen molar-refractivity contribution < 1.29 is 4.79 Å². The van der Waals surface area contributed by atoms with Crippen molar-refractivity contribution in [3.63, 3.8) is 0 Å². The maximum Gasteiger partial charge on any atom is 0.324 e. The van der Waals surface area contributed by atoms with Crippen molar-refractivity contribution in [3.8, 4) is 0 Å². The molecule has 0 saturated heterocycles. The zero-order valence-electron chi connectivity index (χ0n) is 12.9. The molecule has 0 spiro atoms. The highest BCUT2D eigenvalue weighted by Gasteiger charge is 2.30. The van der Waals surface area contributed by atoms with Crippen molar-refractivity contribution in [2.75, 3.05) is 13.6 Å². The molecule has 2 unspecified atom stereocenters. The minimum Gasteiger partial charge on any atom is -0.317 e. The summed E-state index contributed by atoms with van der Waals surface area (Å²) in [5.41, 5.74) is 1.22. The van der Waals surface area contributed by atoms with E-state index in [1.807, 2.05) is 11.0 Å². The third kappa shape index (κ3) is 3.86. The van der Waals surface area contributed by atoms with Crippen LogP contribution in [-0.2, 0) is 0 Å². The van der Waals surface area contributed by atoms with Crippen LogP contribution in [0.25, 0.3) is 0 Å². The Hall–Kier alpha value is -1.77. The van der Waals surface area contributed by atoms with E-state index >= 15 is 0 Å². The van der Waals surface area contributed by atoms with Crippen molar-refractivity contribution in [1.29, 1.82) is 0 Å². The molecule has 2 atom stereocenters. The Morgan fingerprint density at radius 2 is 2.20 bits per heavy atom. The second-order valence-electron chi connectivity index (χ2n) is 5.34. The third-order valence-electron chi connectivity index (χ3n) is 3.74. The van der Waals surface area contributed by atoms with Gasteiger partial charge in [0.25, 0.3) is 0 Å². The first-order valence-electron chi connectivity index (χ1n) is 7.13. The molecular formula is C17H26N2O. The monoisotopic (exact) mass is 274 g/mol. The second-order valence-corrected chi connectivity index (χ2v) is 5.34. The minimum absolute atomic E-state index is 0.00616. The van der Waals surface area contributed by atoms with Gasteiger partial charge in [-0.1, -0.05) is 43.4 Å². The summed E-state index contributed by atoms with van der Waals surface area (Å²) in [6, 6.07) is 0.119. The number of nitrogens with zero attached hydrogens (tertiary/aromatic N) is 2. The van der Waals surface area contributed by atoms with Gasteiger partial charge >= 0.3 is 6.03 Å². The first kappa shape index (κ1) is 16.3. The number of amides is 2. The lowest BCUT2D eigenvalue weighted by atomic mass is 9.92. The van der Waals surface area contributed by atoms with E-state index < -0.39 is 0 Å². The minimum atomic E-state index is -0.00616. The number of urea groups is 1. The maximum atomic E-state index is 12.6. The lowest BCUT2D eigenvalue weighted by molar-refractivity contribution is 0.147. The largest absolute Gasteiger partial charge is 0.324 e. The van der Waals surface area contributed by atoms with Crippen LogP contribution in [0.5, 0.6) is 0 Å². The standard InChI is InChI=1S/C17H26N2O/c1-6-8-13-19(17(20)18(5)7-2)16-14(3)11-9-10-12-15(16)4/h6-7,9-11,15-16H,1-2,8,12-13H2,3-5H3. The van der Waals surface area contributed by atoms with Crippen molar-refractivity contribution in [2.45, 2.75) is 32.7 Å². The highest BCUT2D eigenvalue weighted by molar-refractivity contribution is 5.76. The van der Waals surface area contributed by atoms with Crippen LogP contribution in [0.4, 0.5) is 4.79 Å². The Kier molecular flexibility index (Phi) is 6.29. The Morgan fingerprint density at radius 3 is 2.80 bits per heavy atom. The van der Waals surface area contributed by atoms with Gasteiger partial charge in [0, 0.05) is 19.8 Å². The van der Waals surface area contributed by atoms with Crippen molar-refractivity contribution >= 4 is 6.03 Å². The molecule has 3 heteroatoms. The average molecular weight is 274 g/mol. The van der Waals surface area contributed by atoms with Gasteiger partial charge in [0.05, 0.1) is 6.04 Å². The number of hydrogen-bond donors (Lipinski definition) is 0. The van der Waals surface area contributed by atoms with Gasteiger partial charge in [0.1, 0.15) is 0 Å². The highest BCUT2D eigenvalue weighted by atomic mass is 16.2. The molecule has 1 aliphatic carbocycles.